The normalized spacial score (nSPS) is 28.2. The van der Waals surface area contributed by atoms with Crippen LogP contribution >= 0.6 is 0 Å². The molecule has 0 unspecified atom stereocenters. The first-order valence-corrected chi connectivity index (χ1v) is 8.37. The van der Waals surface area contributed by atoms with Crippen LogP contribution < -0.4 is 10.6 Å². The molecule has 2 amide bonds. The number of rotatable bonds is 4. The van der Waals surface area contributed by atoms with Gasteiger partial charge in [0.15, 0.2) is 0 Å². The lowest BCUT2D eigenvalue weighted by Gasteiger charge is -2.45. The van der Waals surface area contributed by atoms with Gasteiger partial charge in [0.1, 0.15) is 0 Å². The minimum Gasteiger partial charge on any atom is -0.481 e. The molecule has 1 aromatic carbocycles. The molecule has 3 aliphatic rings. The van der Waals surface area contributed by atoms with Gasteiger partial charge in [0.05, 0.1) is 11.8 Å². The summed E-state index contributed by atoms with van der Waals surface area (Å²) in [6.07, 6.45) is 3.67. The topological polar surface area (TPSA) is 95.5 Å². The van der Waals surface area contributed by atoms with Gasteiger partial charge in [-0.15, -0.1) is 0 Å². The molecule has 2 bridgehead atoms. The first-order chi connectivity index (χ1) is 11.5. The predicted octanol–water partition coefficient (Wildman–Crippen LogP) is 2.72. The first kappa shape index (κ1) is 16.5. The van der Waals surface area contributed by atoms with E-state index < -0.39 is 17.8 Å². The predicted molar refractivity (Wildman–Crippen MR) is 89.4 cm³/mol. The van der Waals surface area contributed by atoms with E-state index in [0.717, 1.165) is 25.7 Å². The number of benzene rings is 1. The summed E-state index contributed by atoms with van der Waals surface area (Å²) in [5, 5.41) is 15.1. The minimum absolute atomic E-state index is 0.106. The Kier molecular flexibility index (Phi) is 4.55. The monoisotopic (exact) mass is 330 g/mol. The molecule has 4 rings (SSSR count). The van der Waals surface area contributed by atoms with Crippen molar-refractivity contribution in [2.24, 2.45) is 23.7 Å². The maximum Gasteiger partial charge on any atom is 0.307 e. The number of amides is 2. The summed E-state index contributed by atoms with van der Waals surface area (Å²) in [4.78, 5) is 35.5. The van der Waals surface area contributed by atoms with Crippen LogP contribution in [-0.4, -0.2) is 22.9 Å². The van der Waals surface area contributed by atoms with Crippen molar-refractivity contribution >= 4 is 29.2 Å². The van der Waals surface area contributed by atoms with Gasteiger partial charge in [0, 0.05) is 18.3 Å². The molecule has 24 heavy (non-hydrogen) atoms. The second-order valence-corrected chi connectivity index (χ2v) is 6.82. The second-order valence-electron chi connectivity index (χ2n) is 6.82. The van der Waals surface area contributed by atoms with Crippen LogP contribution in [-0.2, 0) is 14.4 Å². The van der Waals surface area contributed by atoms with Gasteiger partial charge >= 0.3 is 5.97 Å². The van der Waals surface area contributed by atoms with Crippen molar-refractivity contribution in [2.45, 2.75) is 32.6 Å². The van der Waals surface area contributed by atoms with E-state index in [4.69, 9.17) is 0 Å². The van der Waals surface area contributed by atoms with Gasteiger partial charge in [-0.25, -0.2) is 0 Å². The molecule has 2 atom stereocenters. The SMILES string of the molecule is CC(=O)Nc1cccc(NC(=O)[C@@H]2C3CCC(CC3)[C@H]2C(=O)O)c1. The molecule has 0 spiro atoms. The summed E-state index contributed by atoms with van der Waals surface area (Å²) in [5.41, 5.74) is 1.16. The maximum atomic E-state index is 12.7. The van der Waals surface area contributed by atoms with Gasteiger partial charge < -0.3 is 15.7 Å². The summed E-state index contributed by atoms with van der Waals surface area (Å²) in [5.74, 6) is -2.08. The lowest BCUT2D eigenvalue weighted by molar-refractivity contribution is -0.156. The lowest BCUT2D eigenvalue weighted by Crippen LogP contribution is -2.49. The van der Waals surface area contributed by atoms with Crippen LogP contribution in [0, 0.1) is 23.7 Å². The third-order valence-electron chi connectivity index (χ3n) is 5.26. The van der Waals surface area contributed by atoms with Gasteiger partial charge in [-0.1, -0.05) is 6.07 Å². The Hall–Kier alpha value is -2.37. The number of carboxylic acid groups (broad SMARTS) is 1. The Morgan fingerprint density at radius 1 is 0.958 bits per heavy atom. The number of hydrogen-bond donors (Lipinski definition) is 3. The number of carbonyl (C=O) groups excluding carboxylic acids is 2. The second kappa shape index (κ2) is 6.63. The zero-order valence-electron chi connectivity index (χ0n) is 13.6. The maximum absolute atomic E-state index is 12.7. The van der Waals surface area contributed by atoms with E-state index in [1.165, 1.54) is 6.92 Å². The zero-order chi connectivity index (χ0) is 17.3. The molecule has 6 nitrogen and oxygen atoms in total. The molecule has 1 aromatic rings. The number of fused-ring (bicyclic) bond motifs is 3. The van der Waals surface area contributed by atoms with Crippen LogP contribution in [0.1, 0.15) is 32.6 Å². The van der Waals surface area contributed by atoms with Crippen LogP contribution in [0.3, 0.4) is 0 Å². The average molecular weight is 330 g/mol. The first-order valence-electron chi connectivity index (χ1n) is 8.37. The highest BCUT2D eigenvalue weighted by Crippen LogP contribution is 2.49. The van der Waals surface area contributed by atoms with E-state index in [2.05, 4.69) is 10.6 Å². The van der Waals surface area contributed by atoms with Crippen LogP contribution in [0.2, 0.25) is 0 Å². The van der Waals surface area contributed by atoms with E-state index in [1.807, 2.05) is 0 Å². The minimum atomic E-state index is -0.864. The van der Waals surface area contributed by atoms with Crippen molar-refractivity contribution in [3.8, 4) is 0 Å². The molecule has 0 heterocycles. The average Bonchev–Trinajstić information content (AvgIpc) is 2.54. The molecular weight excluding hydrogens is 308 g/mol. The molecule has 3 saturated carbocycles. The highest BCUT2D eigenvalue weighted by molar-refractivity contribution is 5.96. The van der Waals surface area contributed by atoms with Gasteiger partial charge in [-0.05, 0) is 55.7 Å². The zero-order valence-corrected chi connectivity index (χ0v) is 13.6. The fourth-order valence-electron chi connectivity index (χ4n) is 4.29. The Balaban J connectivity index is 1.76. The van der Waals surface area contributed by atoms with Crippen LogP contribution in [0.25, 0.3) is 0 Å². The van der Waals surface area contributed by atoms with Crippen molar-refractivity contribution in [3.63, 3.8) is 0 Å². The van der Waals surface area contributed by atoms with Gasteiger partial charge in [0.2, 0.25) is 11.8 Å². The molecule has 0 aliphatic heterocycles. The van der Waals surface area contributed by atoms with Crippen LogP contribution in [0.5, 0.6) is 0 Å². The van der Waals surface area contributed by atoms with Crippen molar-refractivity contribution in [1.82, 2.24) is 0 Å². The molecule has 3 aliphatic carbocycles. The van der Waals surface area contributed by atoms with E-state index in [9.17, 15) is 19.5 Å². The van der Waals surface area contributed by atoms with E-state index in [0.29, 0.717) is 11.4 Å². The fourth-order valence-corrected chi connectivity index (χ4v) is 4.29. The number of aliphatic carboxylic acids is 1. The largest absolute Gasteiger partial charge is 0.481 e. The third kappa shape index (κ3) is 3.27. The molecule has 0 radical (unpaired) electrons. The Morgan fingerprint density at radius 2 is 1.50 bits per heavy atom. The quantitative estimate of drug-likeness (QED) is 0.791. The summed E-state index contributed by atoms with van der Waals surface area (Å²) in [6, 6.07) is 6.89. The molecule has 0 aromatic heterocycles. The summed E-state index contributed by atoms with van der Waals surface area (Å²) < 4.78 is 0. The standard InChI is InChI=1S/C18H22N2O4/c1-10(21)19-13-3-2-4-14(9-13)20-17(22)15-11-5-7-12(8-6-11)16(15)18(23)24/h2-4,9,11-12,15-16H,5-8H2,1H3,(H,19,21)(H,20,22)(H,23,24)/t11?,12?,15-,16-/m1/s1. The van der Waals surface area contributed by atoms with Crippen molar-refractivity contribution in [2.75, 3.05) is 10.6 Å². The van der Waals surface area contributed by atoms with Crippen molar-refractivity contribution in [3.05, 3.63) is 24.3 Å². The van der Waals surface area contributed by atoms with Crippen molar-refractivity contribution in [1.29, 1.82) is 0 Å². The lowest BCUT2D eigenvalue weighted by atomic mass is 9.58. The molecule has 3 N–H and O–H groups in total. The Morgan fingerprint density at radius 3 is 2.04 bits per heavy atom. The molecule has 128 valence electrons. The summed E-state index contributed by atoms with van der Waals surface area (Å²) >= 11 is 0. The number of carboxylic acids is 1. The van der Waals surface area contributed by atoms with Crippen LogP contribution in [0.4, 0.5) is 11.4 Å². The summed E-state index contributed by atoms with van der Waals surface area (Å²) in [6.45, 7) is 1.42. The van der Waals surface area contributed by atoms with E-state index in [-0.39, 0.29) is 23.7 Å². The highest BCUT2D eigenvalue weighted by Gasteiger charge is 2.50. The third-order valence-corrected chi connectivity index (χ3v) is 5.26. The number of nitrogens with one attached hydrogen (secondary N) is 2. The van der Waals surface area contributed by atoms with E-state index >= 15 is 0 Å². The van der Waals surface area contributed by atoms with Crippen LogP contribution in [0.15, 0.2) is 24.3 Å². The molecule has 3 fully saturated rings. The van der Waals surface area contributed by atoms with Crippen molar-refractivity contribution < 1.29 is 19.5 Å². The fraction of sp³-hybridized carbons (Fsp3) is 0.500. The number of hydrogen-bond acceptors (Lipinski definition) is 3. The Labute approximate surface area is 140 Å². The summed E-state index contributed by atoms with van der Waals surface area (Å²) in [7, 11) is 0. The Bertz CT molecular complexity index is 665. The molecule has 0 saturated heterocycles. The molecular formula is C18H22N2O4. The van der Waals surface area contributed by atoms with Gasteiger partial charge in [0.25, 0.3) is 0 Å². The molecule has 6 heteroatoms. The smallest absolute Gasteiger partial charge is 0.307 e. The van der Waals surface area contributed by atoms with Gasteiger partial charge in [-0.3, -0.25) is 14.4 Å². The highest BCUT2D eigenvalue weighted by atomic mass is 16.4. The van der Waals surface area contributed by atoms with E-state index in [1.54, 1.807) is 24.3 Å². The number of carbonyl (C=O) groups is 3. The number of anilines is 2. The van der Waals surface area contributed by atoms with Gasteiger partial charge in [-0.2, -0.15) is 0 Å².